The molecule has 0 atom stereocenters. The summed E-state index contributed by atoms with van der Waals surface area (Å²) in [6, 6.07) is 5.51. The zero-order chi connectivity index (χ0) is 8.55. The van der Waals surface area contributed by atoms with Crippen molar-refractivity contribution in [3.8, 4) is 0 Å². The van der Waals surface area contributed by atoms with Gasteiger partial charge in [0.15, 0.2) is 0 Å². The molecule has 3 heteroatoms. The largest absolute Gasteiger partial charge is 0.326 e. The molecule has 1 aromatic rings. The van der Waals surface area contributed by atoms with E-state index < -0.39 is 0 Å². The summed E-state index contributed by atoms with van der Waals surface area (Å²) in [5.74, 6) is 0.388. The third-order valence-corrected chi connectivity index (χ3v) is 2.35. The van der Waals surface area contributed by atoms with E-state index in [9.17, 15) is 4.39 Å². The summed E-state index contributed by atoms with van der Waals surface area (Å²) >= 11 is 0. The van der Waals surface area contributed by atoms with Gasteiger partial charge in [-0.1, -0.05) is 18.2 Å². The van der Waals surface area contributed by atoms with Crippen LogP contribution in [0.15, 0.2) is 18.2 Å². The van der Waals surface area contributed by atoms with Crippen LogP contribution in [0, 0.1) is 5.82 Å². The van der Waals surface area contributed by atoms with Gasteiger partial charge in [0.05, 0.1) is 0 Å². The molecule has 1 aromatic carbocycles. The molecule has 0 heterocycles. The van der Waals surface area contributed by atoms with Gasteiger partial charge in [-0.2, -0.15) is 0 Å². The molecular weight excluding hydrogens is 189 g/mol. The van der Waals surface area contributed by atoms with E-state index >= 15 is 0 Å². The molecule has 2 N–H and O–H groups in total. The molecule has 0 amide bonds. The van der Waals surface area contributed by atoms with Gasteiger partial charge in [0.2, 0.25) is 0 Å². The van der Waals surface area contributed by atoms with Crippen molar-refractivity contribution in [2.24, 2.45) is 5.73 Å². The summed E-state index contributed by atoms with van der Waals surface area (Å²) in [6.07, 6.45) is 2.26. The van der Waals surface area contributed by atoms with Crippen LogP contribution in [0.2, 0.25) is 0 Å². The van der Waals surface area contributed by atoms with Crippen LogP contribution in [0.1, 0.15) is 29.9 Å². The van der Waals surface area contributed by atoms with Crippen molar-refractivity contribution < 1.29 is 4.39 Å². The standard InChI is InChI=1S/C10H12FN.ClH/c11-10-8(6-12)2-1-3-9(10)7-4-5-7;/h1-3,7H,4-6,12H2;1H. The summed E-state index contributed by atoms with van der Waals surface area (Å²) in [4.78, 5) is 0. The highest BCUT2D eigenvalue weighted by atomic mass is 35.5. The predicted octanol–water partition coefficient (Wildman–Crippen LogP) is 2.58. The number of hydrogen-bond acceptors (Lipinski definition) is 1. The van der Waals surface area contributed by atoms with Crippen LogP contribution < -0.4 is 5.73 Å². The first-order valence-corrected chi connectivity index (χ1v) is 4.30. The molecule has 2 rings (SSSR count). The minimum absolute atomic E-state index is 0. The summed E-state index contributed by atoms with van der Waals surface area (Å²) in [6.45, 7) is 0.298. The first-order valence-electron chi connectivity index (χ1n) is 4.30. The fraction of sp³-hybridized carbons (Fsp3) is 0.400. The lowest BCUT2D eigenvalue weighted by molar-refractivity contribution is 0.594. The predicted molar refractivity (Wildman–Crippen MR) is 53.5 cm³/mol. The molecule has 0 spiro atoms. The summed E-state index contributed by atoms with van der Waals surface area (Å²) < 4.78 is 13.5. The fourth-order valence-electron chi connectivity index (χ4n) is 1.47. The molecule has 1 aliphatic carbocycles. The van der Waals surface area contributed by atoms with Gasteiger partial charge in [0.1, 0.15) is 5.82 Å². The number of nitrogens with two attached hydrogens (primary N) is 1. The lowest BCUT2D eigenvalue weighted by atomic mass is 10.1. The minimum Gasteiger partial charge on any atom is -0.326 e. The Morgan fingerprint density at radius 2 is 2.08 bits per heavy atom. The quantitative estimate of drug-likeness (QED) is 0.782. The Labute approximate surface area is 83.5 Å². The molecule has 1 saturated carbocycles. The third-order valence-electron chi connectivity index (χ3n) is 2.35. The molecule has 1 nitrogen and oxygen atoms in total. The normalized spacial score (nSPS) is 15.2. The van der Waals surface area contributed by atoms with Gasteiger partial charge < -0.3 is 5.73 Å². The fourth-order valence-corrected chi connectivity index (χ4v) is 1.47. The second-order valence-electron chi connectivity index (χ2n) is 3.30. The molecule has 0 aliphatic heterocycles. The van der Waals surface area contributed by atoms with E-state index in [4.69, 9.17) is 5.73 Å². The Kier molecular flexibility index (Phi) is 3.28. The van der Waals surface area contributed by atoms with Crippen molar-refractivity contribution >= 4 is 12.4 Å². The molecule has 72 valence electrons. The first-order chi connectivity index (χ1) is 5.83. The maximum atomic E-state index is 13.5. The molecule has 1 aliphatic rings. The molecule has 0 bridgehead atoms. The first kappa shape index (κ1) is 10.5. The lowest BCUT2D eigenvalue weighted by Crippen LogP contribution is -2.01. The summed E-state index contributed by atoms with van der Waals surface area (Å²) in [5, 5.41) is 0. The van der Waals surface area contributed by atoms with E-state index in [0.717, 1.165) is 18.4 Å². The van der Waals surface area contributed by atoms with E-state index in [2.05, 4.69) is 0 Å². The van der Waals surface area contributed by atoms with Gasteiger partial charge in [0, 0.05) is 12.1 Å². The Bertz CT molecular complexity index is 297. The van der Waals surface area contributed by atoms with Gasteiger partial charge in [-0.15, -0.1) is 12.4 Å². The van der Waals surface area contributed by atoms with Crippen LogP contribution in [0.3, 0.4) is 0 Å². The van der Waals surface area contributed by atoms with Crippen LogP contribution in [0.4, 0.5) is 4.39 Å². The Balaban J connectivity index is 0.000000845. The zero-order valence-electron chi connectivity index (χ0n) is 7.29. The van der Waals surface area contributed by atoms with Gasteiger partial charge in [0.25, 0.3) is 0 Å². The second-order valence-corrected chi connectivity index (χ2v) is 3.30. The van der Waals surface area contributed by atoms with Crippen LogP contribution in [0.25, 0.3) is 0 Å². The number of halogens is 2. The molecule has 0 saturated heterocycles. The van der Waals surface area contributed by atoms with E-state index in [1.807, 2.05) is 12.1 Å². The molecule has 13 heavy (non-hydrogen) atoms. The van der Waals surface area contributed by atoms with E-state index in [1.165, 1.54) is 0 Å². The maximum Gasteiger partial charge on any atom is 0.131 e. The highest BCUT2D eigenvalue weighted by Crippen LogP contribution is 2.41. The smallest absolute Gasteiger partial charge is 0.131 e. The van der Waals surface area contributed by atoms with Gasteiger partial charge in [-0.25, -0.2) is 4.39 Å². The van der Waals surface area contributed by atoms with E-state index in [-0.39, 0.29) is 18.2 Å². The monoisotopic (exact) mass is 201 g/mol. The number of rotatable bonds is 2. The molecular formula is C10H13ClFN. The Morgan fingerprint density at radius 3 is 2.62 bits per heavy atom. The molecule has 0 radical (unpaired) electrons. The number of hydrogen-bond donors (Lipinski definition) is 1. The van der Waals surface area contributed by atoms with Crippen LogP contribution in [0.5, 0.6) is 0 Å². The van der Waals surface area contributed by atoms with E-state index in [0.29, 0.717) is 18.0 Å². The molecule has 0 unspecified atom stereocenters. The van der Waals surface area contributed by atoms with Crippen molar-refractivity contribution in [3.63, 3.8) is 0 Å². The molecule has 1 fully saturated rings. The zero-order valence-corrected chi connectivity index (χ0v) is 8.11. The van der Waals surface area contributed by atoms with Gasteiger partial charge >= 0.3 is 0 Å². The second kappa shape index (κ2) is 4.07. The van der Waals surface area contributed by atoms with Gasteiger partial charge in [-0.05, 0) is 24.3 Å². The Morgan fingerprint density at radius 1 is 1.38 bits per heavy atom. The SMILES string of the molecule is Cl.NCc1cccc(C2CC2)c1F. The maximum absolute atomic E-state index is 13.5. The molecule has 0 aromatic heterocycles. The third kappa shape index (κ3) is 2.01. The highest BCUT2D eigenvalue weighted by Gasteiger charge is 2.26. The lowest BCUT2D eigenvalue weighted by Gasteiger charge is -2.04. The highest BCUT2D eigenvalue weighted by molar-refractivity contribution is 5.85. The van der Waals surface area contributed by atoms with Crippen molar-refractivity contribution in [2.45, 2.75) is 25.3 Å². The Hall–Kier alpha value is -0.600. The van der Waals surface area contributed by atoms with E-state index in [1.54, 1.807) is 6.07 Å². The average molecular weight is 202 g/mol. The van der Waals surface area contributed by atoms with Crippen LogP contribution in [-0.4, -0.2) is 0 Å². The summed E-state index contributed by atoms with van der Waals surface area (Å²) in [5.41, 5.74) is 6.90. The van der Waals surface area contributed by atoms with Gasteiger partial charge in [-0.3, -0.25) is 0 Å². The number of benzene rings is 1. The average Bonchev–Trinajstić information content (AvgIpc) is 2.88. The summed E-state index contributed by atoms with van der Waals surface area (Å²) in [7, 11) is 0. The van der Waals surface area contributed by atoms with Crippen molar-refractivity contribution in [2.75, 3.05) is 0 Å². The van der Waals surface area contributed by atoms with Crippen LogP contribution >= 0.6 is 12.4 Å². The van der Waals surface area contributed by atoms with Crippen molar-refractivity contribution in [1.29, 1.82) is 0 Å². The van der Waals surface area contributed by atoms with Crippen molar-refractivity contribution in [1.82, 2.24) is 0 Å². The van der Waals surface area contributed by atoms with Crippen molar-refractivity contribution in [3.05, 3.63) is 35.1 Å². The van der Waals surface area contributed by atoms with Crippen LogP contribution in [-0.2, 0) is 6.54 Å². The topological polar surface area (TPSA) is 26.0 Å². The minimum atomic E-state index is -0.0810.